The monoisotopic (exact) mass is 523 g/mol. The molecule has 1 aromatic carbocycles. The Hall–Kier alpha value is -3.87. The fourth-order valence-electron chi connectivity index (χ4n) is 3.73. The van der Waals surface area contributed by atoms with Gasteiger partial charge in [0.25, 0.3) is 12.3 Å². The maximum absolute atomic E-state index is 13.6. The van der Waals surface area contributed by atoms with Crippen molar-refractivity contribution < 1.29 is 31.5 Å². The molecule has 4 aromatic rings. The molecule has 0 aliphatic rings. The molecule has 4 rings (SSSR count). The van der Waals surface area contributed by atoms with Crippen molar-refractivity contribution >= 4 is 39.1 Å². The molecule has 0 fully saturated rings. The van der Waals surface area contributed by atoms with Gasteiger partial charge in [0.2, 0.25) is 5.91 Å². The van der Waals surface area contributed by atoms with Crippen molar-refractivity contribution in [1.29, 1.82) is 0 Å². The minimum absolute atomic E-state index is 0.0786. The van der Waals surface area contributed by atoms with Crippen LogP contribution < -0.4 is 11.1 Å². The lowest BCUT2D eigenvalue weighted by atomic mass is 10.0. The molecule has 1 unspecified atom stereocenters. The van der Waals surface area contributed by atoms with Crippen molar-refractivity contribution in [3.8, 4) is 11.1 Å². The van der Waals surface area contributed by atoms with Gasteiger partial charge >= 0.3 is 6.18 Å². The van der Waals surface area contributed by atoms with Crippen molar-refractivity contribution in [2.24, 2.45) is 5.73 Å². The van der Waals surface area contributed by atoms with E-state index in [4.69, 9.17) is 5.73 Å². The summed E-state index contributed by atoms with van der Waals surface area (Å²) in [5, 5.41) is 6.41. The predicted molar refractivity (Wildman–Crippen MR) is 124 cm³/mol. The Kier molecular flexibility index (Phi) is 6.52. The Labute approximate surface area is 204 Å². The number of thiophene rings is 1. The second-order valence-corrected chi connectivity index (χ2v) is 8.89. The highest BCUT2D eigenvalue weighted by Crippen LogP contribution is 2.43. The molecule has 188 valence electrons. The summed E-state index contributed by atoms with van der Waals surface area (Å²) in [5.41, 5.74) is 4.44. The average molecular weight is 523 g/mol. The number of nitrogens with one attached hydrogen (secondary N) is 1. The highest BCUT2D eigenvalue weighted by atomic mass is 32.1. The van der Waals surface area contributed by atoms with E-state index in [1.807, 2.05) is 0 Å². The number of alkyl halides is 5. The van der Waals surface area contributed by atoms with Crippen LogP contribution in [-0.4, -0.2) is 26.6 Å². The van der Waals surface area contributed by atoms with Crippen molar-refractivity contribution in [1.82, 2.24) is 14.8 Å². The smallest absolute Gasteiger partial charge is 0.365 e. The number of primary amides is 1. The number of aryl methyl sites for hydroxylation is 1. The summed E-state index contributed by atoms with van der Waals surface area (Å²) in [4.78, 5) is 28.6. The lowest BCUT2D eigenvalue weighted by Gasteiger charge is -2.16. The molecule has 0 saturated heterocycles. The Morgan fingerprint density at radius 3 is 2.36 bits per heavy atom. The van der Waals surface area contributed by atoms with E-state index in [0.29, 0.717) is 22.6 Å². The van der Waals surface area contributed by atoms with Gasteiger partial charge < -0.3 is 11.1 Å². The van der Waals surface area contributed by atoms with Gasteiger partial charge in [0.15, 0.2) is 0 Å². The molecule has 3 aromatic heterocycles. The number of hydrogen-bond donors (Lipinski definition) is 2. The zero-order valence-corrected chi connectivity index (χ0v) is 19.5. The van der Waals surface area contributed by atoms with Gasteiger partial charge in [-0.2, -0.15) is 18.3 Å². The van der Waals surface area contributed by atoms with Crippen molar-refractivity contribution in [3.63, 3.8) is 0 Å². The molecule has 0 aliphatic heterocycles. The zero-order valence-electron chi connectivity index (χ0n) is 18.7. The Morgan fingerprint density at radius 2 is 1.81 bits per heavy atom. The van der Waals surface area contributed by atoms with Gasteiger partial charge in [-0.05, 0) is 37.1 Å². The van der Waals surface area contributed by atoms with Gasteiger partial charge in [0.1, 0.15) is 27.1 Å². The number of halogens is 5. The summed E-state index contributed by atoms with van der Waals surface area (Å²) in [5.74, 6) is -1.73. The van der Waals surface area contributed by atoms with Crippen molar-refractivity contribution in [2.45, 2.75) is 32.5 Å². The molecular formula is C23H18F5N5O2S. The normalized spacial score (nSPS) is 12.8. The van der Waals surface area contributed by atoms with E-state index in [0.717, 1.165) is 16.8 Å². The Morgan fingerprint density at radius 1 is 1.14 bits per heavy atom. The van der Waals surface area contributed by atoms with Crippen LogP contribution in [0.4, 0.5) is 27.6 Å². The van der Waals surface area contributed by atoms with Crippen LogP contribution in [0.15, 0.2) is 42.5 Å². The quantitative estimate of drug-likeness (QED) is 0.316. The van der Waals surface area contributed by atoms with E-state index < -0.39 is 41.8 Å². The number of rotatable bonds is 6. The van der Waals surface area contributed by atoms with Crippen molar-refractivity contribution in [2.75, 3.05) is 5.32 Å². The summed E-state index contributed by atoms with van der Waals surface area (Å²) in [6.45, 7) is 2.90. The number of nitrogens with zero attached hydrogens (tertiary/aromatic N) is 3. The van der Waals surface area contributed by atoms with Crippen LogP contribution in [0.3, 0.4) is 0 Å². The minimum atomic E-state index is -4.77. The summed E-state index contributed by atoms with van der Waals surface area (Å²) in [6.07, 6.45) is -7.61. The molecule has 3 heterocycles. The van der Waals surface area contributed by atoms with E-state index in [1.165, 1.54) is 13.8 Å². The number of nitrogens with two attached hydrogens (primary N) is 1. The molecule has 0 bridgehead atoms. The molecular weight excluding hydrogens is 505 g/mol. The standard InChI is InChI=1S/C23H18F5N5O2S/c1-10-8-14(19(24)25)32-33(10)11(2)21(35)31-17-16-13(12-6-4-3-5-7-12)9-15(23(26,27)28)30-22(16)36-18(17)20(29)34/h3-9,11,19H,1-2H3,(H2,29,34)(H,31,35). The van der Waals surface area contributed by atoms with Gasteiger partial charge in [-0.25, -0.2) is 13.8 Å². The first-order chi connectivity index (χ1) is 16.9. The summed E-state index contributed by atoms with van der Waals surface area (Å²) in [7, 11) is 0. The largest absolute Gasteiger partial charge is 0.433 e. The number of aromatic nitrogens is 3. The number of carbonyl (C=O) groups excluding carboxylic acids is 2. The number of fused-ring (bicyclic) bond motifs is 1. The van der Waals surface area contributed by atoms with Crippen LogP contribution in [0.1, 0.15) is 46.1 Å². The number of carbonyl (C=O) groups is 2. The third kappa shape index (κ3) is 4.65. The summed E-state index contributed by atoms with van der Waals surface area (Å²) >= 11 is 0.610. The molecule has 0 radical (unpaired) electrons. The van der Waals surface area contributed by atoms with Crippen LogP contribution in [0, 0.1) is 6.92 Å². The van der Waals surface area contributed by atoms with Crippen LogP contribution in [-0.2, 0) is 11.0 Å². The van der Waals surface area contributed by atoms with Crippen LogP contribution in [0.2, 0.25) is 0 Å². The third-order valence-electron chi connectivity index (χ3n) is 5.42. The Balaban J connectivity index is 1.88. The van der Waals surface area contributed by atoms with E-state index >= 15 is 0 Å². The van der Waals surface area contributed by atoms with E-state index in [9.17, 15) is 31.5 Å². The maximum Gasteiger partial charge on any atom is 0.433 e. The molecule has 0 spiro atoms. The second-order valence-electron chi connectivity index (χ2n) is 7.89. The molecule has 13 heteroatoms. The first-order valence-corrected chi connectivity index (χ1v) is 11.2. The van der Waals surface area contributed by atoms with Gasteiger partial charge in [-0.1, -0.05) is 30.3 Å². The zero-order chi connectivity index (χ0) is 26.4. The lowest BCUT2D eigenvalue weighted by Crippen LogP contribution is -2.26. The summed E-state index contributed by atoms with van der Waals surface area (Å²) < 4.78 is 68.0. The molecule has 0 saturated carbocycles. The van der Waals surface area contributed by atoms with Crippen molar-refractivity contribution in [3.05, 3.63) is 64.4 Å². The fourth-order valence-corrected chi connectivity index (χ4v) is 4.74. The second kappa shape index (κ2) is 9.30. The van der Waals surface area contributed by atoms with E-state index in [-0.39, 0.29) is 26.3 Å². The highest BCUT2D eigenvalue weighted by molar-refractivity contribution is 7.21. The fraction of sp³-hybridized carbons (Fsp3) is 0.217. The molecule has 1 atom stereocenters. The first kappa shape index (κ1) is 25.2. The van der Waals surface area contributed by atoms with E-state index in [2.05, 4.69) is 15.4 Å². The molecule has 36 heavy (non-hydrogen) atoms. The average Bonchev–Trinajstić information content (AvgIpc) is 3.39. The molecule has 3 N–H and O–H groups in total. The third-order valence-corrected chi connectivity index (χ3v) is 6.52. The lowest BCUT2D eigenvalue weighted by molar-refractivity contribution is -0.140. The molecule has 7 nitrogen and oxygen atoms in total. The predicted octanol–water partition coefficient (Wildman–Crippen LogP) is 5.72. The number of amides is 2. The van der Waals surface area contributed by atoms with E-state index in [1.54, 1.807) is 30.3 Å². The Bertz CT molecular complexity index is 1460. The minimum Gasteiger partial charge on any atom is -0.365 e. The van der Waals surface area contributed by atoms with Crippen LogP contribution >= 0.6 is 11.3 Å². The number of pyridine rings is 1. The van der Waals surface area contributed by atoms with Gasteiger partial charge in [-0.3, -0.25) is 14.3 Å². The first-order valence-electron chi connectivity index (χ1n) is 10.4. The van der Waals surface area contributed by atoms with Crippen LogP contribution in [0.25, 0.3) is 21.3 Å². The highest BCUT2D eigenvalue weighted by Gasteiger charge is 2.35. The number of benzene rings is 1. The summed E-state index contributed by atoms with van der Waals surface area (Å²) in [6, 6.07) is 8.94. The number of anilines is 1. The molecule has 0 aliphatic carbocycles. The maximum atomic E-state index is 13.6. The van der Waals surface area contributed by atoms with Gasteiger partial charge in [-0.15, -0.1) is 11.3 Å². The van der Waals surface area contributed by atoms with Gasteiger partial charge in [0, 0.05) is 11.1 Å². The SMILES string of the molecule is Cc1cc(C(F)F)nn1C(C)C(=O)Nc1c(C(N)=O)sc2nc(C(F)(F)F)cc(-c3ccccc3)c12. The van der Waals surface area contributed by atoms with Gasteiger partial charge in [0.05, 0.1) is 5.69 Å². The molecule has 2 amide bonds. The van der Waals surface area contributed by atoms with Crippen LogP contribution in [0.5, 0.6) is 0 Å². The topological polar surface area (TPSA) is 103 Å². The number of hydrogen-bond acceptors (Lipinski definition) is 5.